The number of β-amino-alcohol motifs (C(OH)–C–C–N with tert-alkyl or cyclic N) is 1. The summed E-state index contributed by atoms with van der Waals surface area (Å²) >= 11 is 0. The summed E-state index contributed by atoms with van der Waals surface area (Å²) in [7, 11) is 0. The van der Waals surface area contributed by atoms with Gasteiger partial charge in [-0.15, -0.1) is 0 Å². The van der Waals surface area contributed by atoms with Crippen molar-refractivity contribution in [1.82, 2.24) is 15.0 Å². The van der Waals surface area contributed by atoms with Crippen LogP contribution in [0.25, 0.3) is 0 Å². The van der Waals surface area contributed by atoms with Gasteiger partial charge in [-0.2, -0.15) is 4.98 Å². The van der Waals surface area contributed by atoms with Gasteiger partial charge in [-0.1, -0.05) is 24.4 Å². The molecule has 5 heteroatoms. The molecule has 0 amide bonds. The van der Waals surface area contributed by atoms with Crippen LogP contribution in [0.5, 0.6) is 0 Å². The number of nitrogens with zero attached hydrogens (tertiary/aromatic N) is 3. The van der Waals surface area contributed by atoms with Gasteiger partial charge < -0.3 is 14.5 Å². The lowest BCUT2D eigenvalue weighted by atomic mass is 9.84. The first-order valence-corrected chi connectivity index (χ1v) is 7.90. The van der Waals surface area contributed by atoms with Gasteiger partial charge in [-0.05, 0) is 45.7 Å². The highest BCUT2D eigenvalue weighted by Gasteiger charge is 2.33. The molecule has 1 aliphatic carbocycles. The van der Waals surface area contributed by atoms with Crippen LogP contribution in [0.15, 0.2) is 4.52 Å². The Balaban J connectivity index is 1.51. The Hall–Kier alpha value is -0.940. The molecule has 2 heterocycles. The number of aryl methyl sites for hydroxylation is 1. The molecule has 0 atom stereocenters. The van der Waals surface area contributed by atoms with E-state index >= 15 is 0 Å². The molecule has 0 bridgehead atoms. The lowest BCUT2D eigenvalue weighted by Crippen LogP contribution is -2.46. The van der Waals surface area contributed by atoms with Gasteiger partial charge in [0.05, 0.1) is 5.60 Å². The quantitative estimate of drug-likeness (QED) is 0.919. The van der Waals surface area contributed by atoms with Crippen LogP contribution in [-0.4, -0.2) is 45.4 Å². The highest BCUT2D eigenvalue weighted by atomic mass is 16.5. The minimum absolute atomic E-state index is 0.397. The zero-order valence-electron chi connectivity index (χ0n) is 12.3. The molecule has 2 fully saturated rings. The number of likely N-dealkylation sites (tertiary alicyclic amines) is 1. The molecule has 0 spiro atoms. The molecule has 5 nitrogen and oxygen atoms in total. The van der Waals surface area contributed by atoms with E-state index in [2.05, 4.69) is 15.0 Å². The van der Waals surface area contributed by atoms with E-state index in [1.807, 2.05) is 6.92 Å². The van der Waals surface area contributed by atoms with Crippen molar-refractivity contribution in [3.05, 3.63) is 11.7 Å². The second-order valence-electron chi connectivity index (χ2n) is 6.52. The topological polar surface area (TPSA) is 62.4 Å². The molecule has 1 saturated carbocycles. The molecule has 1 saturated heterocycles. The maximum absolute atomic E-state index is 10.6. The Morgan fingerprint density at radius 3 is 2.55 bits per heavy atom. The van der Waals surface area contributed by atoms with Crippen LogP contribution in [0, 0.1) is 6.92 Å². The van der Waals surface area contributed by atoms with E-state index in [1.165, 1.54) is 19.3 Å². The fourth-order valence-corrected chi connectivity index (χ4v) is 3.60. The van der Waals surface area contributed by atoms with E-state index in [0.717, 1.165) is 57.0 Å². The summed E-state index contributed by atoms with van der Waals surface area (Å²) in [4.78, 5) is 6.75. The second kappa shape index (κ2) is 5.82. The first-order valence-electron chi connectivity index (χ1n) is 7.90. The van der Waals surface area contributed by atoms with Crippen molar-refractivity contribution in [1.29, 1.82) is 0 Å². The maximum Gasteiger partial charge on any atom is 0.229 e. The highest BCUT2D eigenvalue weighted by Crippen LogP contribution is 2.32. The summed E-state index contributed by atoms with van der Waals surface area (Å²) in [6.45, 7) is 4.74. The van der Waals surface area contributed by atoms with E-state index in [0.29, 0.717) is 5.92 Å². The predicted octanol–water partition coefficient (Wildman–Crippen LogP) is 2.25. The molecule has 1 aromatic heterocycles. The van der Waals surface area contributed by atoms with Gasteiger partial charge in [0.15, 0.2) is 5.82 Å². The number of aliphatic hydroxyl groups is 1. The van der Waals surface area contributed by atoms with Gasteiger partial charge in [0.25, 0.3) is 0 Å². The van der Waals surface area contributed by atoms with Gasteiger partial charge >= 0.3 is 0 Å². The summed E-state index contributed by atoms with van der Waals surface area (Å²) in [5.41, 5.74) is -0.438. The summed E-state index contributed by atoms with van der Waals surface area (Å²) in [6, 6.07) is 0. The lowest BCUT2D eigenvalue weighted by molar-refractivity contribution is -0.0312. The zero-order valence-corrected chi connectivity index (χ0v) is 12.3. The molecule has 0 aromatic carbocycles. The van der Waals surface area contributed by atoms with Crippen molar-refractivity contribution in [2.45, 2.75) is 63.4 Å². The fraction of sp³-hybridized carbons (Fsp3) is 0.867. The largest absolute Gasteiger partial charge is 0.389 e. The van der Waals surface area contributed by atoms with Gasteiger partial charge in [-0.25, -0.2) is 0 Å². The molecule has 1 aromatic rings. The normalized spacial score (nSPS) is 24.9. The minimum atomic E-state index is -0.438. The van der Waals surface area contributed by atoms with Gasteiger partial charge in [0.1, 0.15) is 0 Å². The number of piperidine rings is 1. The molecule has 112 valence electrons. The fourth-order valence-electron chi connectivity index (χ4n) is 3.60. The molecular weight excluding hydrogens is 254 g/mol. The van der Waals surface area contributed by atoms with E-state index in [9.17, 15) is 5.11 Å². The van der Waals surface area contributed by atoms with Crippen molar-refractivity contribution in [3.8, 4) is 0 Å². The summed E-state index contributed by atoms with van der Waals surface area (Å²) in [5, 5.41) is 14.5. The Kier molecular flexibility index (Phi) is 4.08. The molecule has 1 N–H and O–H groups in total. The Morgan fingerprint density at radius 2 is 1.95 bits per heavy atom. The third kappa shape index (κ3) is 3.20. The van der Waals surface area contributed by atoms with Crippen LogP contribution in [0.4, 0.5) is 0 Å². The molecule has 1 aliphatic heterocycles. The monoisotopic (exact) mass is 279 g/mol. The van der Waals surface area contributed by atoms with Crippen LogP contribution in [0.3, 0.4) is 0 Å². The number of hydrogen-bond acceptors (Lipinski definition) is 5. The van der Waals surface area contributed by atoms with Crippen molar-refractivity contribution < 1.29 is 9.63 Å². The molecule has 20 heavy (non-hydrogen) atoms. The van der Waals surface area contributed by atoms with Gasteiger partial charge in [0, 0.05) is 12.5 Å². The van der Waals surface area contributed by atoms with Crippen molar-refractivity contribution >= 4 is 0 Å². The number of hydrogen-bond donors (Lipinski definition) is 1. The van der Waals surface area contributed by atoms with E-state index in [-0.39, 0.29) is 0 Å². The second-order valence-corrected chi connectivity index (χ2v) is 6.52. The van der Waals surface area contributed by atoms with Crippen molar-refractivity contribution in [2.24, 2.45) is 0 Å². The van der Waals surface area contributed by atoms with Crippen molar-refractivity contribution in [2.75, 3.05) is 19.6 Å². The first-order chi connectivity index (χ1) is 9.65. The van der Waals surface area contributed by atoms with Crippen LogP contribution in [0.1, 0.15) is 62.6 Å². The van der Waals surface area contributed by atoms with Crippen molar-refractivity contribution in [3.63, 3.8) is 0 Å². The molecule has 0 radical (unpaired) electrons. The standard InChI is InChI=1S/C15H25N3O2/c1-12-16-14(20-17-12)13-5-9-18(10-6-13)11-15(19)7-3-2-4-8-15/h13,19H,2-11H2,1H3. The van der Waals surface area contributed by atoms with E-state index in [4.69, 9.17) is 4.52 Å². The zero-order chi connectivity index (χ0) is 14.0. The van der Waals surface area contributed by atoms with Gasteiger partial charge in [-0.3, -0.25) is 0 Å². The molecular formula is C15H25N3O2. The third-order valence-electron chi connectivity index (χ3n) is 4.78. The molecule has 0 unspecified atom stereocenters. The number of rotatable bonds is 3. The summed E-state index contributed by atoms with van der Waals surface area (Å²) in [5.74, 6) is 1.91. The van der Waals surface area contributed by atoms with E-state index < -0.39 is 5.60 Å². The predicted molar refractivity (Wildman–Crippen MR) is 75.5 cm³/mol. The molecule has 2 aliphatic rings. The Labute approximate surface area is 120 Å². The Morgan fingerprint density at radius 1 is 1.25 bits per heavy atom. The summed E-state index contributed by atoms with van der Waals surface area (Å²) < 4.78 is 5.28. The minimum Gasteiger partial charge on any atom is -0.389 e. The SMILES string of the molecule is Cc1noc(C2CCN(CC3(O)CCCCC3)CC2)n1. The lowest BCUT2D eigenvalue weighted by Gasteiger charge is -2.39. The van der Waals surface area contributed by atoms with Crippen LogP contribution in [-0.2, 0) is 0 Å². The average molecular weight is 279 g/mol. The highest BCUT2D eigenvalue weighted by molar-refractivity contribution is 4.96. The van der Waals surface area contributed by atoms with Crippen LogP contribution in [0.2, 0.25) is 0 Å². The van der Waals surface area contributed by atoms with E-state index in [1.54, 1.807) is 0 Å². The first kappa shape index (κ1) is 14.0. The third-order valence-corrected chi connectivity index (χ3v) is 4.78. The van der Waals surface area contributed by atoms with Crippen LogP contribution >= 0.6 is 0 Å². The summed E-state index contributed by atoms with van der Waals surface area (Å²) in [6.07, 6.45) is 7.67. The smallest absolute Gasteiger partial charge is 0.229 e. The van der Waals surface area contributed by atoms with Gasteiger partial charge in [0.2, 0.25) is 5.89 Å². The van der Waals surface area contributed by atoms with Crippen LogP contribution < -0.4 is 0 Å². The maximum atomic E-state index is 10.6. The number of aromatic nitrogens is 2. The molecule has 3 rings (SSSR count). The Bertz CT molecular complexity index is 432. The average Bonchev–Trinajstić information content (AvgIpc) is 2.87.